The molecule has 1 aromatic carbocycles. The predicted molar refractivity (Wildman–Crippen MR) is 86.0 cm³/mol. The van der Waals surface area contributed by atoms with Gasteiger partial charge in [-0.2, -0.15) is 0 Å². The highest BCUT2D eigenvalue weighted by Crippen LogP contribution is 2.33. The van der Waals surface area contributed by atoms with Gasteiger partial charge in [-0.3, -0.25) is 4.79 Å². The maximum Gasteiger partial charge on any atom is 0.230 e. The molecule has 23 heavy (non-hydrogen) atoms. The van der Waals surface area contributed by atoms with Gasteiger partial charge >= 0.3 is 0 Å². The number of benzene rings is 1. The summed E-state index contributed by atoms with van der Waals surface area (Å²) in [6.45, 7) is 7.35. The topological polar surface area (TPSA) is 75.4 Å². The summed E-state index contributed by atoms with van der Waals surface area (Å²) in [4.78, 5) is 12.8. The lowest BCUT2D eigenvalue weighted by Gasteiger charge is -2.27. The van der Waals surface area contributed by atoms with Crippen LogP contribution in [0.15, 0.2) is 28.8 Å². The van der Waals surface area contributed by atoms with E-state index >= 15 is 0 Å². The van der Waals surface area contributed by atoms with Gasteiger partial charge in [0.05, 0.1) is 23.3 Å². The number of hydrogen-bond donors (Lipinski definition) is 2. The number of rotatable bonds is 3. The summed E-state index contributed by atoms with van der Waals surface area (Å²) >= 11 is 0. The smallest absolute Gasteiger partial charge is 0.230 e. The SMILES string of the molecule is Cc1noc(C)c1C(C)(C)C(=O)N[C@@H]1Cc2ccccc2[C@@H]1O. The van der Waals surface area contributed by atoms with Crippen molar-refractivity contribution in [1.82, 2.24) is 10.5 Å². The lowest BCUT2D eigenvalue weighted by Crippen LogP contribution is -2.47. The third-order valence-corrected chi connectivity index (χ3v) is 4.74. The lowest BCUT2D eigenvalue weighted by atomic mass is 9.82. The third kappa shape index (κ3) is 2.55. The molecule has 1 aliphatic rings. The maximum atomic E-state index is 12.8. The summed E-state index contributed by atoms with van der Waals surface area (Å²) in [5.41, 5.74) is 2.73. The lowest BCUT2D eigenvalue weighted by molar-refractivity contribution is -0.127. The molecule has 0 saturated carbocycles. The number of aromatic nitrogens is 1. The molecule has 1 aliphatic carbocycles. The zero-order chi connectivity index (χ0) is 16.8. The molecule has 0 saturated heterocycles. The van der Waals surface area contributed by atoms with Gasteiger partial charge in [0, 0.05) is 5.56 Å². The third-order valence-electron chi connectivity index (χ3n) is 4.74. The highest BCUT2D eigenvalue weighted by Gasteiger charge is 2.39. The highest BCUT2D eigenvalue weighted by molar-refractivity contribution is 5.88. The van der Waals surface area contributed by atoms with Crippen molar-refractivity contribution in [2.24, 2.45) is 0 Å². The molecule has 1 aromatic heterocycles. The largest absolute Gasteiger partial charge is 0.386 e. The zero-order valence-corrected chi connectivity index (χ0v) is 13.9. The van der Waals surface area contributed by atoms with E-state index in [4.69, 9.17) is 4.52 Å². The number of nitrogens with one attached hydrogen (secondary N) is 1. The molecule has 122 valence electrons. The maximum absolute atomic E-state index is 12.8. The van der Waals surface area contributed by atoms with E-state index < -0.39 is 11.5 Å². The van der Waals surface area contributed by atoms with Crippen LogP contribution in [0, 0.1) is 13.8 Å². The second-order valence-electron chi connectivity index (χ2n) is 6.75. The van der Waals surface area contributed by atoms with Crippen LogP contribution in [0.25, 0.3) is 0 Å². The number of carbonyl (C=O) groups excluding carboxylic acids is 1. The minimum absolute atomic E-state index is 0.135. The Morgan fingerprint density at radius 1 is 1.35 bits per heavy atom. The molecule has 0 aliphatic heterocycles. The van der Waals surface area contributed by atoms with E-state index in [-0.39, 0.29) is 11.9 Å². The van der Waals surface area contributed by atoms with Crippen LogP contribution in [-0.2, 0) is 16.6 Å². The molecule has 2 atom stereocenters. The van der Waals surface area contributed by atoms with Crippen molar-refractivity contribution < 1.29 is 14.4 Å². The van der Waals surface area contributed by atoms with Crippen molar-refractivity contribution in [3.8, 4) is 0 Å². The van der Waals surface area contributed by atoms with Gasteiger partial charge in [0.25, 0.3) is 0 Å². The number of aryl methyl sites for hydroxylation is 2. The fourth-order valence-corrected chi connectivity index (χ4v) is 3.54. The number of nitrogens with zero attached hydrogens (tertiary/aromatic N) is 1. The predicted octanol–water partition coefficient (Wildman–Crippen LogP) is 2.34. The van der Waals surface area contributed by atoms with Crippen LogP contribution in [0.3, 0.4) is 0 Å². The fourth-order valence-electron chi connectivity index (χ4n) is 3.54. The first-order valence-corrected chi connectivity index (χ1v) is 7.82. The van der Waals surface area contributed by atoms with E-state index in [1.165, 1.54) is 0 Å². The molecule has 3 rings (SSSR count). The van der Waals surface area contributed by atoms with Gasteiger partial charge in [0.15, 0.2) is 0 Å². The fraction of sp³-hybridized carbons (Fsp3) is 0.444. The Morgan fingerprint density at radius 3 is 2.65 bits per heavy atom. The molecule has 2 aromatic rings. The van der Waals surface area contributed by atoms with Gasteiger partial charge in [-0.25, -0.2) is 0 Å². The van der Waals surface area contributed by atoms with Gasteiger partial charge < -0.3 is 14.9 Å². The van der Waals surface area contributed by atoms with Crippen LogP contribution < -0.4 is 5.32 Å². The molecule has 0 unspecified atom stereocenters. The summed E-state index contributed by atoms with van der Waals surface area (Å²) in [7, 11) is 0. The number of carbonyl (C=O) groups is 1. The molecule has 0 bridgehead atoms. The van der Waals surface area contributed by atoms with Crippen LogP contribution in [0.2, 0.25) is 0 Å². The van der Waals surface area contributed by atoms with E-state index in [2.05, 4.69) is 10.5 Å². The van der Waals surface area contributed by atoms with Crippen molar-refractivity contribution in [2.75, 3.05) is 0 Å². The number of fused-ring (bicyclic) bond motifs is 1. The minimum atomic E-state index is -0.775. The van der Waals surface area contributed by atoms with E-state index in [0.29, 0.717) is 12.2 Å². The first kappa shape index (κ1) is 15.7. The summed E-state index contributed by atoms with van der Waals surface area (Å²) in [5, 5.41) is 17.4. The molecular weight excluding hydrogens is 292 g/mol. The van der Waals surface area contributed by atoms with Gasteiger partial charge in [0.1, 0.15) is 5.76 Å². The van der Waals surface area contributed by atoms with E-state index in [9.17, 15) is 9.90 Å². The molecule has 0 radical (unpaired) electrons. The average Bonchev–Trinajstić information content (AvgIpc) is 3.00. The van der Waals surface area contributed by atoms with Crippen molar-refractivity contribution in [3.05, 3.63) is 52.4 Å². The van der Waals surface area contributed by atoms with Crippen molar-refractivity contribution in [2.45, 2.75) is 51.7 Å². The average molecular weight is 314 g/mol. The summed E-state index contributed by atoms with van der Waals surface area (Å²) in [5.74, 6) is 0.515. The van der Waals surface area contributed by atoms with E-state index in [0.717, 1.165) is 22.4 Å². The Balaban J connectivity index is 1.80. The first-order chi connectivity index (χ1) is 10.8. The van der Waals surface area contributed by atoms with Crippen LogP contribution in [-0.4, -0.2) is 22.2 Å². The van der Waals surface area contributed by atoms with E-state index in [1.54, 1.807) is 0 Å². The molecule has 1 amide bonds. The number of aliphatic hydroxyl groups excluding tert-OH is 1. The summed E-state index contributed by atoms with van der Waals surface area (Å²) in [6.07, 6.45) is -0.0311. The van der Waals surface area contributed by atoms with Gasteiger partial charge in [-0.05, 0) is 45.2 Å². The molecule has 5 heteroatoms. The second kappa shape index (κ2) is 5.49. The Hall–Kier alpha value is -2.14. The Morgan fingerprint density at radius 2 is 2.04 bits per heavy atom. The Bertz CT molecular complexity index is 729. The summed E-state index contributed by atoms with van der Waals surface area (Å²) in [6, 6.07) is 7.44. The first-order valence-electron chi connectivity index (χ1n) is 7.82. The minimum Gasteiger partial charge on any atom is -0.386 e. The van der Waals surface area contributed by atoms with Gasteiger partial charge in [0.2, 0.25) is 5.91 Å². The summed E-state index contributed by atoms with van der Waals surface area (Å²) < 4.78 is 5.19. The Labute approximate surface area is 135 Å². The van der Waals surface area contributed by atoms with Crippen LogP contribution in [0.1, 0.15) is 48.1 Å². The monoisotopic (exact) mass is 314 g/mol. The number of amides is 1. The molecule has 0 spiro atoms. The van der Waals surface area contributed by atoms with Gasteiger partial charge in [-0.1, -0.05) is 29.4 Å². The van der Waals surface area contributed by atoms with Crippen LogP contribution in [0.4, 0.5) is 0 Å². The Kier molecular flexibility index (Phi) is 3.76. The molecule has 0 fully saturated rings. The normalized spacial score (nSPS) is 20.4. The molecule has 1 heterocycles. The van der Waals surface area contributed by atoms with Crippen molar-refractivity contribution in [3.63, 3.8) is 0 Å². The van der Waals surface area contributed by atoms with Crippen LogP contribution >= 0.6 is 0 Å². The highest BCUT2D eigenvalue weighted by atomic mass is 16.5. The van der Waals surface area contributed by atoms with E-state index in [1.807, 2.05) is 52.0 Å². The van der Waals surface area contributed by atoms with Crippen molar-refractivity contribution >= 4 is 5.91 Å². The second-order valence-corrected chi connectivity index (χ2v) is 6.75. The molecule has 5 nitrogen and oxygen atoms in total. The quantitative estimate of drug-likeness (QED) is 0.912. The standard InChI is InChI=1S/C18H22N2O3/c1-10-15(11(2)23-20-10)18(3,4)17(22)19-14-9-12-7-5-6-8-13(12)16(14)21/h5-8,14,16,21H,9H2,1-4H3,(H,19,22)/t14-,16+/m1/s1. The van der Waals surface area contributed by atoms with Crippen LogP contribution in [0.5, 0.6) is 0 Å². The van der Waals surface area contributed by atoms with Crippen molar-refractivity contribution in [1.29, 1.82) is 0 Å². The number of hydrogen-bond acceptors (Lipinski definition) is 4. The number of aliphatic hydroxyl groups is 1. The molecule has 2 N–H and O–H groups in total. The zero-order valence-electron chi connectivity index (χ0n) is 13.9. The van der Waals surface area contributed by atoms with Gasteiger partial charge in [-0.15, -0.1) is 0 Å². The molecular formula is C18H22N2O3.